The van der Waals surface area contributed by atoms with Gasteiger partial charge in [-0.05, 0) is 38.8 Å². The Hall–Kier alpha value is -1.88. The van der Waals surface area contributed by atoms with Crippen molar-refractivity contribution in [3.63, 3.8) is 0 Å². The van der Waals surface area contributed by atoms with Gasteiger partial charge in [-0.3, -0.25) is 4.79 Å². The zero-order chi connectivity index (χ0) is 14.6. The molecule has 0 atom stereocenters. The van der Waals surface area contributed by atoms with E-state index in [4.69, 9.17) is 10.8 Å². The molecule has 0 unspecified atom stereocenters. The van der Waals surface area contributed by atoms with Gasteiger partial charge in [-0.2, -0.15) is 0 Å². The van der Waals surface area contributed by atoms with E-state index in [1.165, 1.54) is 0 Å². The molecule has 1 rings (SSSR count). The summed E-state index contributed by atoms with van der Waals surface area (Å²) in [6, 6.07) is 4.99. The minimum absolute atomic E-state index is 0.128. The number of carbonyl (C=O) groups is 2. The van der Waals surface area contributed by atoms with Crippen molar-refractivity contribution in [2.45, 2.75) is 39.2 Å². The molecule has 5 nitrogen and oxygen atoms in total. The summed E-state index contributed by atoms with van der Waals surface area (Å²) >= 11 is 0. The van der Waals surface area contributed by atoms with Gasteiger partial charge in [0.25, 0.3) is 0 Å². The van der Waals surface area contributed by atoms with Gasteiger partial charge in [0.15, 0.2) is 0 Å². The van der Waals surface area contributed by atoms with Crippen molar-refractivity contribution in [3.8, 4) is 0 Å². The van der Waals surface area contributed by atoms with Gasteiger partial charge in [0.05, 0.1) is 11.3 Å². The van der Waals surface area contributed by atoms with Crippen molar-refractivity contribution in [2.75, 3.05) is 5.32 Å². The first-order chi connectivity index (χ1) is 8.70. The van der Waals surface area contributed by atoms with E-state index in [1.807, 2.05) is 13.8 Å². The average Bonchev–Trinajstić information content (AvgIpc) is 2.25. The number of carbonyl (C=O) groups excluding carboxylic acids is 1. The molecule has 4 N–H and O–H groups in total. The summed E-state index contributed by atoms with van der Waals surface area (Å²) in [5.74, 6) is -1.28. The molecule has 5 heteroatoms. The van der Waals surface area contributed by atoms with Crippen LogP contribution in [0.2, 0.25) is 0 Å². The van der Waals surface area contributed by atoms with Crippen molar-refractivity contribution in [1.29, 1.82) is 0 Å². The van der Waals surface area contributed by atoms with E-state index in [0.29, 0.717) is 17.7 Å². The summed E-state index contributed by atoms with van der Waals surface area (Å²) in [5, 5.41) is 11.8. The number of anilines is 1. The molecule has 0 aromatic heterocycles. The highest BCUT2D eigenvalue weighted by Crippen LogP contribution is 2.20. The number of nitrogens with two attached hydrogens (primary N) is 1. The Kier molecular flexibility index (Phi) is 4.67. The van der Waals surface area contributed by atoms with Crippen molar-refractivity contribution in [3.05, 3.63) is 29.3 Å². The van der Waals surface area contributed by atoms with E-state index < -0.39 is 11.5 Å². The van der Waals surface area contributed by atoms with Crippen molar-refractivity contribution < 1.29 is 14.7 Å². The fraction of sp³-hybridized carbons (Fsp3) is 0.429. The quantitative estimate of drug-likeness (QED) is 0.759. The average molecular weight is 264 g/mol. The van der Waals surface area contributed by atoms with Gasteiger partial charge in [0.2, 0.25) is 5.91 Å². The van der Waals surface area contributed by atoms with Crippen molar-refractivity contribution in [1.82, 2.24) is 0 Å². The highest BCUT2D eigenvalue weighted by atomic mass is 16.4. The Bertz CT molecular complexity index is 490. The third kappa shape index (κ3) is 4.71. The molecule has 1 aromatic rings. The normalized spacial score (nSPS) is 11.2. The first-order valence-electron chi connectivity index (χ1n) is 6.12. The van der Waals surface area contributed by atoms with Crippen molar-refractivity contribution >= 4 is 17.6 Å². The van der Waals surface area contributed by atoms with E-state index in [1.54, 1.807) is 25.1 Å². The van der Waals surface area contributed by atoms with Gasteiger partial charge in [-0.1, -0.05) is 12.1 Å². The number of rotatable bonds is 5. The van der Waals surface area contributed by atoms with Gasteiger partial charge in [0.1, 0.15) is 0 Å². The van der Waals surface area contributed by atoms with Gasteiger partial charge in [-0.15, -0.1) is 0 Å². The number of hydrogen-bond donors (Lipinski definition) is 3. The number of benzene rings is 1. The van der Waals surface area contributed by atoms with Crippen LogP contribution in [-0.4, -0.2) is 22.5 Å². The van der Waals surface area contributed by atoms with E-state index in [2.05, 4.69) is 5.32 Å². The standard InChI is InChI=1S/C14H20N2O3/c1-9-5-4-6-10(12(9)13(18)19)16-11(17)7-8-14(2,3)15/h4-6H,7-8,15H2,1-3H3,(H,16,17)(H,18,19). The predicted octanol–water partition coefficient (Wildman–Crippen LogP) is 2.15. The molecule has 19 heavy (non-hydrogen) atoms. The Balaban J connectivity index is 2.80. The maximum Gasteiger partial charge on any atom is 0.338 e. The predicted molar refractivity (Wildman–Crippen MR) is 74.3 cm³/mol. The molecule has 0 aliphatic rings. The Morgan fingerprint density at radius 1 is 1.37 bits per heavy atom. The first-order valence-corrected chi connectivity index (χ1v) is 6.12. The number of amides is 1. The van der Waals surface area contributed by atoms with E-state index in [9.17, 15) is 9.59 Å². The lowest BCUT2D eigenvalue weighted by atomic mass is 10.00. The van der Waals surface area contributed by atoms with Crippen LogP contribution in [0.15, 0.2) is 18.2 Å². The largest absolute Gasteiger partial charge is 0.478 e. The van der Waals surface area contributed by atoms with Gasteiger partial charge in [0, 0.05) is 12.0 Å². The van der Waals surface area contributed by atoms with Crippen LogP contribution < -0.4 is 11.1 Å². The maximum atomic E-state index is 11.8. The van der Waals surface area contributed by atoms with E-state index >= 15 is 0 Å². The summed E-state index contributed by atoms with van der Waals surface area (Å²) in [7, 11) is 0. The van der Waals surface area contributed by atoms with E-state index in [0.717, 1.165) is 0 Å². The number of carboxylic acids is 1. The lowest BCUT2D eigenvalue weighted by Crippen LogP contribution is -2.33. The summed E-state index contributed by atoms with van der Waals surface area (Å²) in [6.07, 6.45) is 0.795. The number of hydrogen-bond acceptors (Lipinski definition) is 3. The van der Waals surface area contributed by atoms with Gasteiger partial charge < -0.3 is 16.2 Å². The minimum Gasteiger partial charge on any atom is -0.478 e. The SMILES string of the molecule is Cc1cccc(NC(=O)CCC(C)(C)N)c1C(=O)O. The lowest BCUT2D eigenvalue weighted by molar-refractivity contribution is -0.116. The van der Waals surface area contributed by atoms with Gasteiger partial charge in [-0.25, -0.2) is 4.79 Å². The van der Waals surface area contributed by atoms with Crippen LogP contribution in [0.4, 0.5) is 5.69 Å². The van der Waals surface area contributed by atoms with Crippen LogP contribution in [0.3, 0.4) is 0 Å². The highest BCUT2D eigenvalue weighted by Gasteiger charge is 2.17. The Morgan fingerprint density at radius 2 is 2.00 bits per heavy atom. The summed E-state index contributed by atoms with van der Waals surface area (Å²) in [5.41, 5.74) is 6.46. The number of aromatic carboxylic acids is 1. The number of carboxylic acid groups (broad SMARTS) is 1. The van der Waals surface area contributed by atoms with E-state index in [-0.39, 0.29) is 17.9 Å². The molecule has 0 bridgehead atoms. The lowest BCUT2D eigenvalue weighted by Gasteiger charge is -2.18. The van der Waals surface area contributed by atoms with Crippen LogP contribution in [0, 0.1) is 6.92 Å². The maximum absolute atomic E-state index is 11.8. The summed E-state index contributed by atoms with van der Waals surface area (Å²) in [6.45, 7) is 5.38. The van der Waals surface area contributed by atoms with Crippen LogP contribution in [0.5, 0.6) is 0 Å². The fourth-order valence-electron chi connectivity index (χ4n) is 1.70. The molecule has 0 heterocycles. The molecule has 0 saturated heterocycles. The van der Waals surface area contributed by atoms with Crippen LogP contribution in [0.25, 0.3) is 0 Å². The second-order valence-corrected chi connectivity index (χ2v) is 5.34. The second kappa shape index (κ2) is 5.84. The fourth-order valence-corrected chi connectivity index (χ4v) is 1.70. The molecule has 0 radical (unpaired) electrons. The molecule has 0 aliphatic carbocycles. The third-order valence-corrected chi connectivity index (χ3v) is 2.76. The van der Waals surface area contributed by atoms with Crippen LogP contribution in [0.1, 0.15) is 42.6 Å². The molecule has 0 aliphatic heterocycles. The molecule has 104 valence electrons. The molecule has 1 aromatic carbocycles. The van der Waals surface area contributed by atoms with Crippen molar-refractivity contribution in [2.24, 2.45) is 5.73 Å². The Labute approximate surface area is 112 Å². The molecule has 0 spiro atoms. The number of nitrogens with one attached hydrogen (secondary N) is 1. The third-order valence-electron chi connectivity index (χ3n) is 2.76. The second-order valence-electron chi connectivity index (χ2n) is 5.34. The molecular formula is C14H20N2O3. The molecule has 0 fully saturated rings. The molecule has 1 amide bonds. The molecule has 0 saturated carbocycles. The monoisotopic (exact) mass is 264 g/mol. The minimum atomic E-state index is -1.05. The van der Waals surface area contributed by atoms with Gasteiger partial charge >= 0.3 is 5.97 Å². The first kappa shape index (κ1) is 15.2. The van der Waals surface area contributed by atoms with Crippen LogP contribution in [-0.2, 0) is 4.79 Å². The molecular weight excluding hydrogens is 244 g/mol. The highest BCUT2D eigenvalue weighted by molar-refractivity contribution is 6.01. The Morgan fingerprint density at radius 3 is 2.53 bits per heavy atom. The number of aryl methyl sites for hydroxylation is 1. The smallest absolute Gasteiger partial charge is 0.338 e. The summed E-state index contributed by atoms with van der Waals surface area (Å²) in [4.78, 5) is 23.0. The summed E-state index contributed by atoms with van der Waals surface area (Å²) < 4.78 is 0. The zero-order valence-electron chi connectivity index (χ0n) is 11.5. The zero-order valence-corrected chi connectivity index (χ0v) is 11.5. The van der Waals surface area contributed by atoms with Crippen LogP contribution >= 0.6 is 0 Å². The topological polar surface area (TPSA) is 92.4 Å².